The van der Waals surface area contributed by atoms with E-state index in [-0.39, 0.29) is 11.9 Å². The Labute approximate surface area is 170 Å². The summed E-state index contributed by atoms with van der Waals surface area (Å²) in [5.74, 6) is 0.671. The first-order chi connectivity index (χ1) is 11.6. The van der Waals surface area contributed by atoms with E-state index in [1.807, 2.05) is 30.3 Å². The van der Waals surface area contributed by atoms with Gasteiger partial charge in [0.25, 0.3) is 0 Å². The van der Waals surface area contributed by atoms with Gasteiger partial charge in [-0.2, -0.15) is 0 Å². The maximum Gasteiger partial charge on any atom is 0.126 e. The van der Waals surface area contributed by atoms with Gasteiger partial charge in [-0.25, -0.2) is 4.39 Å². The second-order valence-electron chi connectivity index (χ2n) is 6.07. The van der Waals surface area contributed by atoms with Gasteiger partial charge in [-0.15, -0.1) is 0 Å². The van der Waals surface area contributed by atoms with Gasteiger partial charge in [0.1, 0.15) is 17.7 Å². The van der Waals surface area contributed by atoms with E-state index >= 15 is 0 Å². The van der Waals surface area contributed by atoms with Gasteiger partial charge in [0, 0.05) is 25.7 Å². The molecule has 2 nitrogen and oxygen atoms in total. The van der Waals surface area contributed by atoms with E-state index in [9.17, 15) is 4.39 Å². The molecule has 1 aliphatic rings. The third kappa shape index (κ3) is 5.05. The van der Waals surface area contributed by atoms with E-state index in [2.05, 4.69) is 50.1 Å². The molecule has 0 amide bonds. The zero-order valence-electron chi connectivity index (χ0n) is 13.4. The fourth-order valence-electron chi connectivity index (χ4n) is 3.05. The van der Waals surface area contributed by atoms with Crippen LogP contribution in [0.15, 0.2) is 42.5 Å². The van der Waals surface area contributed by atoms with E-state index in [4.69, 9.17) is 4.74 Å². The number of nitrogens with zero attached hydrogens (tertiary/aromatic N) is 1. The second kappa shape index (κ2) is 8.80. The summed E-state index contributed by atoms with van der Waals surface area (Å²) in [6, 6.07) is 13.1. The molecule has 0 saturated carbocycles. The predicted octanol–water partition coefficient (Wildman–Crippen LogP) is 5.64. The molecule has 2 aromatic carbocycles. The monoisotopic (exact) mass is 551 g/mol. The molecule has 1 aliphatic heterocycles. The molecule has 3 rings (SSSR count). The number of rotatable bonds is 6. The summed E-state index contributed by atoms with van der Waals surface area (Å²) in [6.07, 6.45) is 3.43. The minimum Gasteiger partial charge on any atom is -0.486 e. The summed E-state index contributed by atoms with van der Waals surface area (Å²) in [5.41, 5.74) is 1.06. The SMILES string of the molecule is Fc1ccc(C(CCN2CCCC2)Oc2cccc(I)c2)c(I)c1. The highest BCUT2D eigenvalue weighted by atomic mass is 127. The quantitative estimate of drug-likeness (QED) is 0.432. The van der Waals surface area contributed by atoms with Gasteiger partial charge in [-0.3, -0.25) is 0 Å². The van der Waals surface area contributed by atoms with Crippen LogP contribution in [0.5, 0.6) is 5.75 Å². The van der Waals surface area contributed by atoms with Gasteiger partial charge in [-0.05, 0) is 101 Å². The highest BCUT2D eigenvalue weighted by Gasteiger charge is 2.20. The minimum atomic E-state index is -0.198. The Bertz CT molecular complexity index is 689. The summed E-state index contributed by atoms with van der Waals surface area (Å²) in [6.45, 7) is 3.37. The highest BCUT2D eigenvalue weighted by Crippen LogP contribution is 2.30. The molecule has 0 aromatic heterocycles. The van der Waals surface area contributed by atoms with Crippen molar-refractivity contribution in [2.75, 3.05) is 19.6 Å². The average molecular weight is 551 g/mol. The van der Waals surface area contributed by atoms with Crippen molar-refractivity contribution in [1.29, 1.82) is 0 Å². The number of benzene rings is 2. The van der Waals surface area contributed by atoms with Crippen LogP contribution in [0.4, 0.5) is 4.39 Å². The van der Waals surface area contributed by atoms with Gasteiger partial charge in [0.15, 0.2) is 0 Å². The molecule has 128 valence electrons. The Balaban J connectivity index is 1.79. The minimum absolute atomic E-state index is 0.0590. The van der Waals surface area contributed by atoms with Crippen molar-refractivity contribution >= 4 is 45.2 Å². The molecular weight excluding hydrogens is 531 g/mol. The van der Waals surface area contributed by atoms with Gasteiger partial charge in [0.2, 0.25) is 0 Å². The Morgan fingerprint density at radius 3 is 2.58 bits per heavy atom. The van der Waals surface area contributed by atoms with E-state index in [1.54, 1.807) is 6.07 Å². The van der Waals surface area contributed by atoms with Crippen molar-refractivity contribution < 1.29 is 9.13 Å². The van der Waals surface area contributed by atoms with Gasteiger partial charge >= 0.3 is 0 Å². The van der Waals surface area contributed by atoms with Crippen LogP contribution in [0.3, 0.4) is 0 Å². The van der Waals surface area contributed by atoms with Crippen LogP contribution in [0.2, 0.25) is 0 Å². The normalized spacial score (nSPS) is 16.3. The van der Waals surface area contributed by atoms with Gasteiger partial charge in [0.05, 0.1) is 0 Å². The van der Waals surface area contributed by atoms with E-state index in [0.29, 0.717) is 0 Å². The van der Waals surface area contributed by atoms with Crippen LogP contribution >= 0.6 is 45.2 Å². The molecule has 0 aliphatic carbocycles. The second-order valence-corrected chi connectivity index (χ2v) is 8.47. The molecule has 1 saturated heterocycles. The summed E-state index contributed by atoms with van der Waals surface area (Å²) in [7, 11) is 0. The van der Waals surface area contributed by atoms with Crippen molar-refractivity contribution in [2.45, 2.75) is 25.4 Å². The topological polar surface area (TPSA) is 12.5 Å². The lowest BCUT2D eigenvalue weighted by Crippen LogP contribution is -2.24. The lowest BCUT2D eigenvalue weighted by Gasteiger charge is -2.24. The molecule has 1 atom stereocenters. The molecule has 1 heterocycles. The lowest BCUT2D eigenvalue weighted by atomic mass is 10.1. The van der Waals surface area contributed by atoms with Crippen LogP contribution in [0, 0.1) is 13.0 Å². The van der Waals surface area contributed by atoms with Crippen LogP contribution in [-0.2, 0) is 0 Å². The van der Waals surface area contributed by atoms with Crippen LogP contribution in [0.1, 0.15) is 30.9 Å². The Hall–Kier alpha value is -0.410. The smallest absolute Gasteiger partial charge is 0.126 e. The molecule has 24 heavy (non-hydrogen) atoms. The molecule has 0 radical (unpaired) electrons. The largest absolute Gasteiger partial charge is 0.486 e. The molecule has 1 unspecified atom stereocenters. The molecule has 2 aromatic rings. The molecule has 5 heteroatoms. The number of hydrogen-bond donors (Lipinski definition) is 0. The lowest BCUT2D eigenvalue weighted by molar-refractivity contribution is 0.172. The fourth-order valence-corrected chi connectivity index (χ4v) is 4.39. The summed E-state index contributed by atoms with van der Waals surface area (Å²) >= 11 is 4.49. The van der Waals surface area contributed by atoms with Crippen molar-refractivity contribution in [3.05, 3.63) is 61.0 Å². The average Bonchev–Trinajstić information content (AvgIpc) is 3.05. The summed E-state index contributed by atoms with van der Waals surface area (Å²) in [5, 5.41) is 0. The predicted molar refractivity (Wildman–Crippen MR) is 112 cm³/mol. The van der Waals surface area contributed by atoms with Crippen molar-refractivity contribution in [3.8, 4) is 5.75 Å². The molecular formula is C19H20FI2NO. The first kappa shape index (κ1) is 18.4. The molecule has 1 fully saturated rings. The van der Waals surface area contributed by atoms with E-state index in [1.165, 1.54) is 32.0 Å². The van der Waals surface area contributed by atoms with Crippen molar-refractivity contribution in [2.24, 2.45) is 0 Å². The Morgan fingerprint density at radius 1 is 1.08 bits per heavy atom. The Kier molecular flexibility index (Phi) is 6.74. The third-order valence-corrected chi connectivity index (χ3v) is 5.90. The Morgan fingerprint density at radius 2 is 1.88 bits per heavy atom. The zero-order valence-corrected chi connectivity index (χ0v) is 17.7. The van der Waals surface area contributed by atoms with E-state index < -0.39 is 0 Å². The molecule has 0 spiro atoms. The first-order valence-electron chi connectivity index (χ1n) is 8.21. The summed E-state index contributed by atoms with van der Waals surface area (Å²) < 4.78 is 21.8. The van der Waals surface area contributed by atoms with Crippen LogP contribution < -0.4 is 4.74 Å². The number of likely N-dealkylation sites (tertiary alicyclic amines) is 1. The molecule has 0 bridgehead atoms. The van der Waals surface area contributed by atoms with Crippen LogP contribution in [0.25, 0.3) is 0 Å². The maximum atomic E-state index is 13.5. The third-order valence-electron chi connectivity index (χ3n) is 4.29. The van der Waals surface area contributed by atoms with Crippen molar-refractivity contribution in [1.82, 2.24) is 4.90 Å². The summed E-state index contributed by atoms with van der Waals surface area (Å²) in [4.78, 5) is 2.49. The molecule has 0 N–H and O–H groups in total. The van der Waals surface area contributed by atoms with Gasteiger partial charge < -0.3 is 9.64 Å². The number of halogens is 3. The first-order valence-corrected chi connectivity index (χ1v) is 10.4. The fraction of sp³-hybridized carbons (Fsp3) is 0.368. The number of hydrogen-bond acceptors (Lipinski definition) is 2. The standard InChI is InChI=1S/C19H20FI2NO/c20-14-6-7-17(18(22)12-14)19(8-11-23-9-1-2-10-23)24-16-5-3-4-15(21)13-16/h3-7,12-13,19H,1-2,8-11H2. The van der Waals surface area contributed by atoms with Gasteiger partial charge in [-0.1, -0.05) is 12.1 Å². The zero-order chi connectivity index (χ0) is 16.9. The van der Waals surface area contributed by atoms with Crippen LogP contribution in [-0.4, -0.2) is 24.5 Å². The number of ether oxygens (including phenoxy) is 1. The highest BCUT2D eigenvalue weighted by molar-refractivity contribution is 14.1. The van der Waals surface area contributed by atoms with Crippen molar-refractivity contribution in [3.63, 3.8) is 0 Å². The van der Waals surface area contributed by atoms with E-state index in [0.717, 1.165) is 31.4 Å². The maximum absolute atomic E-state index is 13.5.